The van der Waals surface area contributed by atoms with Crippen molar-refractivity contribution in [3.05, 3.63) is 40.1 Å². The Kier molecular flexibility index (Phi) is 2.87. The fourth-order valence-corrected chi connectivity index (χ4v) is 1.96. The van der Waals surface area contributed by atoms with Crippen LogP contribution in [0.1, 0.15) is 5.56 Å². The number of nitrogens with two attached hydrogens (primary N) is 1. The Labute approximate surface area is 117 Å². The summed E-state index contributed by atoms with van der Waals surface area (Å²) in [6, 6.07) is 4.79. The van der Waals surface area contributed by atoms with Crippen LogP contribution in [0.5, 0.6) is 11.6 Å². The fourth-order valence-electron chi connectivity index (χ4n) is 1.96. The highest BCUT2D eigenvalue weighted by atomic mass is 16.6. The van der Waals surface area contributed by atoms with Crippen LogP contribution in [0, 0.1) is 17.0 Å². The van der Waals surface area contributed by atoms with Crippen LogP contribution in [0.3, 0.4) is 0 Å². The van der Waals surface area contributed by atoms with Gasteiger partial charge in [-0.1, -0.05) is 12.1 Å². The van der Waals surface area contributed by atoms with Crippen molar-refractivity contribution >= 4 is 22.7 Å². The van der Waals surface area contributed by atoms with Gasteiger partial charge >= 0.3 is 5.69 Å². The number of rotatable bonds is 3. The molecule has 0 atom stereocenters. The fraction of sp³-hybridized carbons (Fsp3) is 0.0833. The van der Waals surface area contributed by atoms with E-state index in [-0.39, 0.29) is 23.3 Å². The molecular formula is C12H10N6O3. The highest BCUT2D eigenvalue weighted by molar-refractivity contribution is 5.80. The second-order valence-corrected chi connectivity index (χ2v) is 4.30. The van der Waals surface area contributed by atoms with Crippen LogP contribution in [-0.2, 0) is 0 Å². The van der Waals surface area contributed by atoms with E-state index < -0.39 is 4.92 Å². The number of nitrogen functional groups attached to an aromatic ring is 1. The predicted molar refractivity (Wildman–Crippen MR) is 74.0 cm³/mol. The molecule has 2 heterocycles. The van der Waals surface area contributed by atoms with Crippen LogP contribution in [0.25, 0.3) is 11.0 Å². The Hall–Kier alpha value is -3.23. The van der Waals surface area contributed by atoms with Crippen LogP contribution >= 0.6 is 0 Å². The lowest BCUT2D eigenvalue weighted by Crippen LogP contribution is -2.00. The van der Waals surface area contributed by atoms with Gasteiger partial charge in [-0.25, -0.2) is 0 Å². The van der Waals surface area contributed by atoms with E-state index >= 15 is 0 Å². The maximum Gasteiger partial charge on any atom is 0.314 e. The van der Waals surface area contributed by atoms with Gasteiger partial charge in [0.1, 0.15) is 5.39 Å². The zero-order valence-electron chi connectivity index (χ0n) is 10.9. The van der Waals surface area contributed by atoms with E-state index in [2.05, 4.69) is 20.2 Å². The first-order valence-electron chi connectivity index (χ1n) is 5.94. The number of ether oxygens (including phenoxy) is 1. The molecule has 1 aromatic carbocycles. The molecule has 0 fully saturated rings. The van der Waals surface area contributed by atoms with Crippen LogP contribution in [0.15, 0.2) is 24.4 Å². The molecule has 106 valence electrons. The van der Waals surface area contributed by atoms with E-state index in [9.17, 15) is 10.1 Å². The van der Waals surface area contributed by atoms with E-state index in [1.54, 1.807) is 19.1 Å². The van der Waals surface area contributed by atoms with Crippen molar-refractivity contribution in [1.29, 1.82) is 0 Å². The van der Waals surface area contributed by atoms with Crippen molar-refractivity contribution in [2.45, 2.75) is 6.92 Å². The Morgan fingerprint density at radius 3 is 2.95 bits per heavy atom. The average molecular weight is 286 g/mol. The molecule has 0 saturated heterocycles. The Bertz CT molecular complexity index is 844. The van der Waals surface area contributed by atoms with Gasteiger partial charge in [0.05, 0.1) is 11.1 Å². The third kappa shape index (κ3) is 2.20. The second-order valence-electron chi connectivity index (χ2n) is 4.30. The number of nitro groups is 1. The zero-order valence-corrected chi connectivity index (χ0v) is 10.9. The monoisotopic (exact) mass is 286 g/mol. The van der Waals surface area contributed by atoms with Gasteiger partial charge in [-0.2, -0.15) is 15.1 Å². The number of anilines is 1. The van der Waals surface area contributed by atoms with E-state index in [1.807, 2.05) is 0 Å². The Morgan fingerprint density at radius 1 is 1.38 bits per heavy atom. The van der Waals surface area contributed by atoms with Gasteiger partial charge in [0, 0.05) is 5.56 Å². The van der Waals surface area contributed by atoms with Crippen molar-refractivity contribution < 1.29 is 9.66 Å². The van der Waals surface area contributed by atoms with E-state index in [0.29, 0.717) is 16.6 Å². The average Bonchev–Trinajstić information content (AvgIpc) is 2.86. The number of hydrogen-bond acceptors (Lipinski definition) is 7. The van der Waals surface area contributed by atoms with E-state index in [1.165, 1.54) is 12.3 Å². The molecule has 9 nitrogen and oxygen atoms in total. The predicted octanol–water partition coefficient (Wildman–Crippen LogP) is 1.94. The van der Waals surface area contributed by atoms with Crippen LogP contribution in [-0.4, -0.2) is 25.1 Å². The first kappa shape index (κ1) is 12.8. The maximum absolute atomic E-state index is 11.2. The smallest absolute Gasteiger partial charge is 0.314 e. The molecule has 0 unspecified atom stereocenters. The molecule has 0 aliphatic heterocycles. The van der Waals surface area contributed by atoms with Gasteiger partial charge in [0.25, 0.3) is 0 Å². The number of hydrogen-bond donors (Lipinski definition) is 2. The molecule has 0 radical (unpaired) electrons. The normalized spacial score (nSPS) is 10.7. The number of aromatic amines is 1. The second kappa shape index (κ2) is 4.71. The van der Waals surface area contributed by atoms with Gasteiger partial charge in [0.2, 0.25) is 17.6 Å². The molecule has 3 aromatic rings. The summed E-state index contributed by atoms with van der Waals surface area (Å²) < 4.78 is 5.57. The summed E-state index contributed by atoms with van der Waals surface area (Å²) in [5, 5.41) is 18.1. The first-order chi connectivity index (χ1) is 10.1. The zero-order chi connectivity index (χ0) is 15.0. The van der Waals surface area contributed by atoms with Gasteiger partial charge in [0.15, 0.2) is 5.65 Å². The minimum Gasteiger partial charge on any atom is -0.431 e. The van der Waals surface area contributed by atoms with Crippen molar-refractivity contribution in [2.75, 3.05) is 5.73 Å². The molecule has 3 N–H and O–H groups in total. The summed E-state index contributed by atoms with van der Waals surface area (Å²) in [6.45, 7) is 1.63. The molecule has 0 spiro atoms. The summed E-state index contributed by atoms with van der Waals surface area (Å²) >= 11 is 0. The lowest BCUT2D eigenvalue weighted by Gasteiger charge is -2.07. The SMILES string of the molecule is Cc1cccc(Oc2nc(N)nc3[nH]ncc23)c1[N+](=O)[O-]. The number of nitrogens with one attached hydrogen (secondary N) is 1. The third-order valence-corrected chi connectivity index (χ3v) is 2.88. The van der Waals surface area contributed by atoms with E-state index in [4.69, 9.17) is 10.5 Å². The molecule has 0 saturated carbocycles. The lowest BCUT2D eigenvalue weighted by atomic mass is 10.2. The minimum atomic E-state index is -0.498. The lowest BCUT2D eigenvalue weighted by molar-refractivity contribution is -0.386. The van der Waals surface area contributed by atoms with Crippen molar-refractivity contribution in [3.63, 3.8) is 0 Å². The topological polar surface area (TPSA) is 133 Å². The summed E-state index contributed by atoms with van der Waals surface area (Å²) in [6.07, 6.45) is 1.46. The number of H-pyrrole nitrogens is 1. The molecule has 0 amide bonds. The molecule has 9 heteroatoms. The summed E-state index contributed by atoms with van der Waals surface area (Å²) in [4.78, 5) is 18.6. The summed E-state index contributed by atoms with van der Waals surface area (Å²) in [5.74, 6) is 0.178. The van der Waals surface area contributed by atoms with Crippen molar-refractivity contribution in [3.8, 4) is 11.6 Å². The Balaban J connectivity index is 2.13. The van der Waals surface area contributed by atoms with Gasteiger partial charge in [-0.15, -0.1) is 0 Å². The number of para-hydroxylation sites is 1. The van der Waals surface area contributed by atoms with Crippen molar-refractivity contribution in [1.82, 2.24) is 20.2 Å². The number of benzene rings is 1. The number of nitro benzene ring substituents is 1. The molecule has 0 bridgehead atoms. The van der Waals surface area contributed by atoms with Crippen molar-refractivity contribution in [2.24, 2.45) is 0 Å². The summed E-state index contributed by atoms with van der Waals surface area (Å²) in [5.41, 5.74) is 6.35. The molecule has 21 heavy (non-hydrogen) atoms. The van der Waals surface area contributed by atoms with Gasteiger partial charge in [-0.3, -0.25) is 15.2 Å². The molecular weight excluding hydrogens is 276 g/mol. The highest BCUT2D eigenvalue weighted by Gasteiger charge is 2.20. The standard InChI is InChI=1S/C12H10N6O3/c1-6-3-2-4-8(9(6)18(19)20)21-11-7-5-14-17-10(7)15-12(13)16-11/h2-5H,1H3,(H3,13,14,15,16,17). The highest BCUT2D eigenvalue weighted by Crippen LogP contribution is 2.35. The minimum absolute atomic E-state index is 0.0166. The quantitative estimate of drug-likeness (QED) is 0.555. The largest absolute Gasteiger partial charge is 0.431 e. The molecule has 0 aliphatic rings. The van der Waals surface area contributed by atoms with Crippen LogP contribution in [0.2, 0.25) is 0 Å². The van der Waals surface area contributed by atoms with Gasteiger partial charge < -0.3 is 10.5 Å². The third-order valence-electron chi connectivity index (χ3n) is 2.88. The maximum atomic E-state index is 11.2. The van der Waals surface area contributed by atoms with Gasteiger partial charge in [-0.05, 0) is 13.0 Å². The van der Waals surface area contributed by atoms with E-state index in [0.717, 1.165) is 0 Å². The molecule has 2 aromatic heterocycles. The number of nitrogens with zero attached hydrogens (tertiary/aromatic N) is 4. The number of aryl methyl sites for hydroxylation is 1. The van der Waals surface area contributed by atoms with Crippen LogP contribution in [0.4, 0.5) is 11.6 Å². The molecule has 3 rings (SSSR count). The first-order valence-corrected chi connectivity index (χ1v) is 5.94. The number of aromatic nitrogens is 4. The number of fused-ring (bicyclic) bond motifs is 1. The summed E-state index contributed by atoms with van der Waals surface area (Å²) in [7, 11) is 0. The Morgan fingerprint density at radius 2 is 2.19 bits per heavy atom. The van der Waals surface area contributed by atoms with Crippen LogP contribution < -0.4 is 10.5 Å². The molecule has 0 aliphatic carbocycles.